The van der Waals surface area contributed by atoms with Crippen molar-refractivity contribution in [1.29, 1.82) is 0 Å². The molecule has 2 aliphatic heterocycles. The van der Waals surface area contributed by atoms with Crippen LogP contribution in [0, 0.1) is 76.2 Å². The number of fused-ring (bicyclic) bond motifs is 10. The van der Waals surface area contributed by atoms with Crippen molar-refractivity contribution in [3.05, 3.63) is 195 Å². The molecule has 4 heterocycles. The molecule has 0 saturated carbocycles. The molecule has 0 aliphatic carbocycles. The Hall–Kier alpha value is -7.49. The quantitative estimate of drug-likeness (QED) is 0.165. The van der Waals surface area contributed by atoms with Crippen molar-refractivity contribution >= 4 is 107 Å². The first-order valence-electron chi connectivity index (χ1n) is 25.0. The van der Waals surface area contributed by atoms with Gasteiger partial charge in [0, 0.05) is 38.6 Å². The Bertz CT molecular complexity index is 3790. The van der Waals surface area contributed by atoms with Crippen molar-refractivity contribution in [2.45, 2.75) is 76.2 Å². The zero-order valence-electron chi connectivity index (χ0n) is 42.1. The van der Waals surface area contributed by atoms with E-state index in [2.05, 4.69) is 202 Å². The van der Waals surface area contributed by atoms with Crippen molar-refractivity contribution in [2.75, 3.05) is 4.90 Å². The maximum absolute atomic E-state index is 6.33. The van der Waals surface area contributed by atoms with E-state index in [-0.39, 0.29) is 13.4 Å². The molecule has 338 valence electrons. The highest BCUT2D eigenvalue weighted by Crippen LogP contribution is 2.42. The minimum atomic E-state index is -0.00185. The highest BCUT2D eigenvalue weighted by atomic mass is 16.3. The lowest BCUT2D eigenvalue weighted by Crippen LogP contribution is -2.66. The van der Waals surface area contributed by atoms with Crippen molar-refractivity contribution < 1.29 is 8.83 Å². The number of para-hydroxylation sites is 2. The van der Waals surface area contributed by atoms with Crippen molar-refractivity contribution in [1.82, 2.24) is 0 Å². The molecular weight excluding hydrogens is 848 g/mol. The molecule has 13 rings (SSSR count). The second-order valence-corrected chi connectivity index (χ2v) is 20.7. The molecule has 0 amide bonds. The first kappa shape index (κ1) is 42.6. The van der Waals surface area contributed by atoms with Crippen LogP contribution in [0.4, 0.5) is 17.1 Å². The van der Waals surface area contributed by atoms with Gasteiger partial charge in [-0.3, -0.25) is 0 Å². The van der Waals surface area contributed by atoms with E-state index in [1.165, 1.54) is 133 Å². The first-order chi connectivity index (χ1) is 33.8. The van der Waals surface area contributed by atoms with Gasteiger partial charge in [0.25, 0.3) is 0 Å². The fraction of sp³-hybridized carbons (Fsp3) is 0.169. The lowest BCUT2D eigenvalue weighted by Gasteiger charge is -2.45. The van der Waals surface area contributed by atoms with Gasteiger partial charge in [-0.25, -0.2) is 0 Å². The van der Waals surface area contributed by atoms with Crippen LogP contribution in [0.2, 0.25) is 0 Å². The number of nitrogens with zero attached hydrogens (tertiary/aromatic N) is 1. The van der Waals surface area contributed by atoms with Crippen molar-refractivity contribution in [3.63, 3.8) is 0 Å². The molecule has 0 fully saturated rings. The van der Waals surface area contributed by atoms with Crippen LogP contribution in [-0.2, 0) is 0 Å². The van der Waals surface area contributed by atoms with Crippen LogP contribution in [0.15, 0.2) is 142 Å². The molecule has 0 radical (unpaired) electrons. The molecule has 2 aliphatic rings. The first-order valence-corrected chi connectivity index (χ1v) is 25.0. The van der Waals surface area contributed by atoms with Crippen LogP contribution in [0.25, 0.3) is 66.1 Å². The Balaban J connectivity index is 1.11. The van der Waals surface area contributed by atoms with Crippen molar-refractivity contribution in [2.24, 2.45) is 0 Å². The smallest absolute Gasteiger partial charge is 0.247 e. The van der Waals surface area contributed by atoms with Gasteiger partial charge in [0.2, 0.25) is 13.4 Å². The molecule has 0 N–H and O–H groups in total. The highest BCUT2D eigenvalue weighted by molar-refractivity contribution is 7.02. The summed E-state index contributed by atoms with van der Waals surface area (Å²) in [5, 5.41) is 4.57. The van der Waals surface area contributed by atoms with Crippen LogP contribution >= 0.6 is 0 Å². The van der Waals surface area contributed by atoms with Gasteiger partial charge < -0.3 is 13.7 Å². The summed E-state index contributed by atoms with van der Waals surface area (Å²) >= 11 is 0. The summed E-state index contributed by atoms with van der Waals surface area (Å²) in [6.45, 7) is 25.7. The Morgan fingerprint density at radius 3 is 1.07 bits per heavy atom. The number of aryl methyl sites for hydroxylation is 1. The fourth-order valence-electron chi connectivity index (χ4n) is 12.9. The Kier molecular flexibility index (Phi) is 9.28. The summed E-state index contributed by atoms with van der Waals surface area (Å²) in [7, 11) is 0. The Morgan fingerprint density at radius 1 is 0.314 bits per heavy atom. The van der Waals surface area contributed by atoms with Crippen LogP contribution in [0.3, 0.4) is 0 Å². The van der Waals surface area contributed by atoms with Crippen LogP contribution in [-0.4, -0.2) is 13.4 Å². The van der Waals surface area contributed by atoms with E-state index < -0.39 is 0 Å². The predicted octanol–water partition coefficient (Wildman–Crippen LogP) is 13.3. The molecule has 0 atom stereocenters. The molecule has 0 bridgehead atoms. The minimum absolute atomic E-state index is 0.00185. The molecule has 0 spiro atoms. The van der Waals surface area contributed by atoms with E-state index >= 15 is 0 Å². The largest absolute Gasteiger partial charge is 0.456 e. The minimum Gasteiger partial charge on any atom is -0.456 e. The molecule has 70 heavy (non-hydrogen) atoms. The van der Waals surface area contributed by atoms with Gasteiger partial charge in [-0.2, -0.15) is 0 Å². The maximum Gasteiger partial charge on any atom is 0.247 e. The predicted molar refractivity (Wildman–Crippen MR) is 301 cm³/mol. The number of anilines is 3. The fourth-order valence-corrected chi connectivity index (χ4v) is 12.9. The summed E-state index contributed by atoms with van der Waals surface area (Å²) in [6.07, 6.45) is 0. The van der Waals surface area contributed by atoms with E-state index in [0.717, 1.165) is 43.9 Å². The van der Waals surface area contributed by atoms with E-state index in [0.29, 0.717) is 0 Å². The molecule has 2 aromatic heterocycles. The topological polar surface area (TPSA) is 29.5 Å². The SMILES string of the molecule is Cc1cc2c3c(c1)B(c1c(C)c(C)c(C)c(C)c1C)c1cc(-c4ccc5oc6ccccc6c5c4)ccc1N3c1ccc(-c3ccc4oc5ccccc5c4c3)cc1B2c1c(C)c(C)c(C)c(C)c1C. The maximum atomic E-state index is 6.33. The van der Waals surface area contributed by atoms with Crippen LogP contribution in [0.1, 0.15) is 61.2 Å². The van der Waals surface area contributed by atoms with Gasteiger partial charge in [0.05, 0.1) is 0 Å². The second-order valence-electron chi connectivity index (χ2n) is 20.7. The average Bonchev–Trinajstić information content (AvgIpc) is 3.95. The molecule has 3 nitrogen and oxygen atoms in total. The lowest BCUT2D eigenvalue weighted by molar-refractivity contribution is 0.668. The highest BCUT2D eigenvalue weighted by Gasteiger charge is 2.45. The van der Waals surface area contributed by atoms with Crippen molar-refractivity contribution in [3.8, 4) is 22.3 Å². The number of hydrogen-bond donors (Lipinski definition) is 0. The second kappa shape index (κ2) is 15.3. The third-order valence-corrected chi connectivity index (χ3v) is 17.4. The van der Waals surface area contributed by atoms with Gasteiger partial charge >= 0.3 is 0 Å². The standard InChI is InChI=1S/C65H55B2NO2/c1-34-28-55-65-56(29-34)67(64-43(10)39(6)36(3)40(7)44(64)11)54-33-48(46-23-27-62-52(31-46)50-17-13-15-19-60(50)70-62)21-25-58(54)68(65)57-24-20-47(45-22-26-61-51(30-45)49-16-12-14-18-59(49)69-61)32-53(57)66(55)63-41(8)37(4)35(2)38(5)42(63)9/h12-33H,1-11H3. The van der Waals surface area contributed by atoms with Crippen LogP contribution < -0.4 is 37.7 Å². The van der Waals surface area contributed by atoms with E-state index in [1.54, 1.807) is 0 Å². The summed E-state index contributed by atoms with van der Waals surface area (Å²) in [5.41, 5.74) is 35.6. The lowest BCUT2D eigenvalue weighted by atomic mass is 9.29. The Morgan fingerprint density at radius 2 is 0.657 bits per heavy atom. The van der Waals surface area contributed by atoms with Crippen LogP contribution in [0.5, 0.6) is 0 Å². The summed E-state index contributed by atoms with van der Waals surface area (Å²) in [6, 6.07) is 49.8. The van der Waals surface area contributed by atoms with E-state index in [1.807, 2.05) is 12.1 Å². The zero-order chi connectivity index (χ0) is 48.2. The molecule has 0 saturated heterocycles. The van der Waals surface area contributed by atoms with Gasteiger partial charge in [0.15, 0.2) is 0 Å². The number of benzene rings is 9. The molecular formula is C65H55B2NO2. The number of hydrogen-bond acceptors (Lipinski definition) is 3. The van der Waals surface area contributed by atoms with Gasteiger partial charge in [0.1, 0.15) is 22.3 Å². The third-order valence-electron chi connectivity index (χ3n) is 17.4. The summed E-state index contributed by atoms with van der Waals surface area (Å²) in [4.78, 5) is 2.64. The summed E-state index contributed by atoms with van der Waals surface area (Å²) in [5.74, 6) is 0. The van der Waals surface area contributed by atoms with E-state index in [9.17, 15) is 0 Å². The van der Waals surface area contributed by atoms with E-state index in [4.69, 9.17) is 8.83 Å². The third kappa shape index (κ3) is 5.90. The van der Waals surface area contributed by atoms with Gasteiger partial charge in [-0.1, -0.05) is 124 Å². The normalized spacial score (nSPS) is 13.0. The average molecular weight is 904 g/mol. The Labute approximate surface area is 411 Å². The molecule has 0 unspecified atom stereocenters. The molecule has 9 aromatic carbocycles. The monoisotopic (exact) mass is 903 g/mol. The van der Waals surface area contributed by atoms with Gasteiger partial charge in [-0.05, 0) is 202 Å². The zero-order valence-corrected chi connectivity index (χ0v) is 42.1. The molecule has 11 aromatic rings. The summed E-state index contributed by atoms with van der Waals surface area (Å²) < 4.78 is 12.7. The molecule has 5 heteroatoms. The van der Waals surface area contributed by atoms with Gasteiger partial charge in [-0.15, -0.1) is 0 Å². The number of furan rings is 2. The number of rotatable bonds is 4.